The van der Waals surface area contributed by atoms with Crippen LogP contribution in [0.3, 0.4) is 0 Å². The molecule has 0 heterocycles. The van der Waals surface area contributed by atoms with Crippen LogP contribution in [0.15, 0.2) is 9.81 Å². The SMILES string of the molecule is CSC(SC)=C1C[C@@H]2C3CC[C@@H]4CCCC[C@@]4(C)C3CC[C@@]2(C)C1=O. The van der Waals surface area contributed by atoms with E-state index in [-0.39, 0.29) is 5.41 Å². The van der Waals surface area contributed by atoms with Gasteiger partial charge in [-0.3, -0.25) is 4.79 Å². The molecule has 6 atom stereocenters. The third-order valence-electron chi connectivity index (χ3n) is 8.81. The Bertz CT molecular complexity index is 591. The van der Waals surface area contributed by atoms with Gasteiger partial charge in [0, 0.05) is 15.2 Å². The molecular formula is C22H34OS2. The third kappa shape index (κ3) is 2.62. The van der Waals surface area contributed by atoms with Crippen molar-refractivity contribution in [1.29, 1.82) is 0 Å². The maximum Gasteiger partial charge on any atom is 0.166 e. The van der Waals surface area contributed by atoms with Crippen molar-refractivity contribution < 1.29 is 4.79 Å². The summed E-state index contributed by atoms with van der Waals surface area (Å²) in [6, 6.07) is 0. The van der Waals surface area contributed by atoms with E-state index in [2.05, 4.69) is 26.4 Å². The standard InChI is InChI=1S/C22H34OS2/c1-21-11-6-5-7-14(21)8-9-15-17(21)10-12-22(2)18(15)13-16(19(22)23)20(24-3)25-4/h14-15,17-18H,5-13H2,1-4H3/t14-,15?,17?,18+,21+,22+/m0/s1. The molecule has 1 nitrogen and oxygen atoms in total. The summed E-state index contributed by atoms with van der Waals surface area (Å²) in [6.45, 7) is 4.94. The summed E-state index contributed by atoms with van der Waals surface area (Å²) < 4.78 is 1.29. The first-order valence-corrected chi connectivity index (χ1v) is 12.8. The summed E-state index contributed by atoms with van der Waals surface area (Å²) in [5, 5.41) is 0. The molecule has 4 saturated carbocycles. The lowest BCUT2D eigenvalue weighted by molar-refractivity contribution is -0.137. The smallest absolute Gasteiger partial charge is 0.166 e. The molecule has 2 unspecified atom stereocenters. The molecule has 0 spiro atoms. The van der Waals surface area contributed by atoms with Crippen LogP contribution in [0.2, 0.25) is 0 Å². The molecular weight excluding hydrogens is 344 g/mol. The minimum Gasteiger partial charge on any atom is -0.294 e. The molecule has 0 aromatic carbocycles. The molecule has 0 N–H and O–H groups in total. The van der Waals surface area contributed by atoms with E-state index in [9.17, 15) is 4.79 Å². The molecule has 25 heavy (non-hydrogen) atoms. The maximum atomic E-state index is 13.4. The van der Waals surface area contributed by atoms with Crippen molar-refractivity contribution in [3.63, 3.8) is 0 Å². The van der Waals surface area contributed by atoms with Crippen molar-refractivity contribution in [2.24, 2.45) is 34.5 Å². The van der Waals surface area contributed by atoms with E-state index >= 15 is 0 Å². The highest BCUT2D eigenvalue weighted by Crippen LogP contribution is 2.66. The Morgan fingerprint density at radius 3 is 2.44 bits per heavy atom. The zero-order valence-electron chi connectivity index (χ0n) is 16.4. The fraction of sp³-hybridized carbons (Fsp3) is 0.864. The molecule has 0 aliphatic heterocycles. The lowest BCUT2D eigenvalue weighted by Gasteiger charge is -2.59. The summed E-state index contributed by atoms with van der Waals surface area (Å²) in [7, 11) is 0. The first-order valence-electron chi connectivity index (χ1n) is 10.3. The van der Waals surface area contributed by atoms with Gasteiger partial charge < -0.3 is 0 Å². The van der Waals surface area contributed by atoms with Gasteiger partial charge in [0.1, 0.15) is 0 Å². The van der Waals surface area contributed by atoms with Gasteiger partial charge in [0.25, 0.3) is 0 Å². The number of Topliss-reactive ketones (excluding diaryl/α,β-unsaturated/α-hetero) is 1. The van der Waals surface area contributed by atoms with Crippen LogP contribution in [0, 0.1) is 34.5 Å². The van der Waals surface area contributed by atoms with Crippen molar-refractivity contribution in [2.45, 2.75) is 71.6 Å². The van der Waals surface area contributed by atoms with Gasteiger partial charge in [-0.15, -0.1) is 23.5 Å². The minimum atomic E-state index is -0.0644. The van der Waals surface area contributed by atoms with Gasteiger partial charge in [0.2, 0.25) is 0 Å². The number of carbonyl (C=O) groups excluding carboxylic acids is 1. The molecule has 4 aliphatic carbocycles. The summed E-state index contributed by atoms with van der Waals surface area (Å²) in [5.41, 5.74) is 1.69. The normalized spacial score (nSPS) is 46.4. The zero-order chi connectivity index (χ0) is 17.8. The number of ketones is 1. The fourth-order valence-electron chi connectivity index (χ4n) is 7.44. The molecule has 4 fully saturated rings. The third-order valence-corrected chi connectivity index (χ3v) is 11.0. The molecule has 3 heteroatoms. The van der Waals surface area contributed by atoms with E-state index in [0.29, 0.717) is 17.1 Å². The van der Waals surface area contributed by atoms with Gasteiger partial charge in [-0.25, -0.2) is 0 Å². The predicted molar refractivity (Wildman–Crippen MR) is 111 cm³/mol. The molecule has 0 bridgehead atoms. The van der Waals surface area contributed by atoms with Crippen LogP contribution >= 0.6 is 23.5 Å². The van der Waals surface area contributed by atoms with Gasteiger partial charge in [-0.05, 0) is 86.5 Å². The van der Waals surface area contributed by atoms with E-state index in [0.717, 1.165) is 30.6 Å². The summed E-state index contributed by atoms with van der Waals surface area (Å²) in [6.07, 6.45) is 16.4. The van der Waals surface area contributed by atoms with Gasteiger partial charge in [-0.2, -0.15) is 0 Å². The number of hydrogen-bond acceptors (Lipinski definition) is 3. The molecule has 0 radical (unpaired) electrons. The molecule has 140 valence electrons. The second kappa shape index (κ2) is 6.62. The largest absolute Gasteiger partial charge is 0.294 e. The lowest BCUT2D eigenvalue weighted by Crippen LogP contribution is -2.52. The van der Waals surface area contributed by atoms with Crippen molar-refractivity contribution in [2.75, 3.05) is 12.5 Å². The monoisotopic (exact) mass is 378 g/mol. The maximum absolute atomic E-state index is 13.4. The fourth-order valence-corrected chi connectivity index (χ4v) is 8.95. The average molecular weight is 379 g/mol. The first kappa shape index (κ1) is 18.5. The van der Waals surface area contributed by atoms with Gasteiger partial charge in [0.15, 0.2) is 5.78 Å². The van der Waals surface area contributed by atoms with E-state index in [1.807, 2.05) is 0 Å². The zero-order valence-corrected chi connectivity index (χ0v) is 18.0. The Balaban J connectivity index is 1.68. The van der Waals surface area contributed by atoms with Gasteiger partial charge >= 0.3 is 0 Å². The highest BCUT2D eigenvalue weighted by molar-refractivity contribution is 8.21. The van der Waals surface area contributed by atoms with Gasteiger partial charge in [0.05, 0.1) is 0 Å². The topological polar surface area (TPSA) is 17.1 Å². The quantitative estimate of drug-likeness (QED) is 0.508. The van der Waals surface area contributed by atoms with Crippen LogP contribution in [-0.4, -0.2) is 18.3 Å². The number of fused-ring (bicyclic) bond motifs is 5. The number of rotatable bonds is 2. The highest BCUT2D eigenvalue weighted by atomic mass is 32.2. The van der Waals surface area contributed by atoms with E-state index in [1.165, 1.54) is 54.8 Å². The number of carbonyl (C=O) groups is 1. The second-order valence-corrected chi connectivity index (χ2v) is 11.5. The predicted octanol–water partition coefficient (Wildman–Crippen LogP) is 6.54. The van der Waals surface area contributed by atoms with Crippen molar-refractivity contribution >= 4 is 29.3 Å². The average Bonchev–Trinajstić information content (AvgIpc) is 2.88. The Hall–Kier alpha value is 0.110. The van der Waals surface area contributed by atoms with Crippen LogP contribution in [0.25, 0.3) is 0 Å². The van der Waals surface area contributed by atoms with Crippen molar-refractivity contribution in [3.05, 3.63) is 9.81 Å². The van der Waals surface area contributed by atoms with E-state index < -0.39 is 0 Å². The molecule has 0 aromatic rings. The lowest BCUT2D eigenvalue weighted by atomic mass is 9.45. The molecule has 0 aromatic heterocycles. The summed E-state index contributed by atoms with van der Waals surface area (Å²) in [4.78, 5) is 13.4. The van der Waals surface area contributed by atoms with Crippen molar-refractivity contribution in [3.8, 4) is 0 Å². The van der Waals surface area contributed by atoms with Crippen LogP contribution in [-0.2, 0) is 4.79 Å². The van der Waals surface area contributed by atoms with Crippen molar-refractivity contribution in [1.82, 2.24) is 0 Å². The molecule has 0 saturated heterocycles. The van der Waals surface area contributed by atoms with E-state index in [4.69, 9.17) is 0 Å². The summed E-state index contributed by atoms with van der Waals surface area (Å²) in [5.74, 6) is 3.76. The molecule has 4 aliphatic rings. The molecule has 4 rings (SSSR count). The van der Waals surface area contributed by atoms with Gasteiger partial charge in [-0.1, -0.05) is 26.7 Å². The van der Waals surface area contributed by atoms with Crippen LogP contribution in [0.4, 0.5) is 0 Å². The Morgan fingerprint density at radius 2 is 1.72 bits per heavy atom. The number of allylic oxidation sites excluding steroid dienone is 1. The first-order chi connectivity index (χ1) is 12.0. The molecule has 0 amide bonds. The number of thioether (sulfide) groups is 2. The van der Waals surface area contributed by atoms with Crippen LogP contribution in [0.5, 0.6) is 0 Å². The van der Waals surface area contributed by atoms with E-state index in [1.54, 1.807) is 23.5 Å². The van der Waals surface area contributed by atoms with Crippen LogP contribution < -0.4 is 0 Å². The Labute approximate surface area is 162 Å². The van der Waals surface area contributed by atoms with Crippen LogP contribution in [0.1, 0.15) is 71.6 Å². The summed E-state index contributed by atoms with van der Waals surface area (Å²) >= 11 is 3.57. The minimum absolute atomic E-state index is 0.0644. The highest BCUT2D eigenvalue weighted by Gasteiger charge is 2.61. The Kier molecular flexibility index (Phi) is 4.89. The Morgan fingerprint density at radius 1 is 0.960 bits per heavy atom. The second-order valence-electron chi connectivity index (χ2n) is 9.57. The number of hydrogen-bond donors (Lipinski definition) is 0.